The molecule has 112 valence electrons. The minimum atomic E-state index is -0.757. The quantitative estimate of drug-likeness (QED) is 0.557. The maximum atomic E-state index is 12.2. The largest absolute Gasteiger partial charge is 0.389 e. The maximum absolute atomic E-state index is 12.2. The third kappa shape index (κ3) is 7.63. The zero-order valence-electron chi connectivity index (χ0n) is 12.0. The molecule has 3 amide bonds. The molecule has 0 aromatic carbocycles. The van der Waals surface area contributed by atoms with Gasteiger partial charge in [0.05, 0.1) is 12.7 Å². The van der Waals surface area contributed by atoms with Crippen LogP contribution in [0.3, 0.4) is 0 Å². The lowest BCUT2D eigenvalue weighted by molar-refractivity contribution is -0.134. The average Bonchev–Trinajstić information content (AvgIpc) is 2.25. The van der Waals surface area contributed by atoms with Crippen molar-refractivity contribution in [3.63, 3.8) is 0 Å². The molecule has 7 heteroatoms. The fourth-order valence-electron chi connectivity index (χ4n) is 1.78. The second-order valence-electron chi connectivity index (χ2n) is 5.02. The molecule has 0 aliphatic heterocycles. The van der Waals surface area contributed by atoms with Gasteiger partial charge in [0.15, 0.2) is 0 Å². The van der Waals surface area contributed by atoms with Crippen LogP contribution in [0.15, 0.2) is 0 Å². The number of nitrogens with one attached hydrogen (secondary N) is 1. The van der Waals surface area contributed by atoms with Crippen LogP contribution in [0.2, 0.25) is 0 Å². The first-order valence-corrected chi connectivity index (χ1v) is 6.25. The van der Waals surface area contributed by atoms with Crippen molar-refractivity contribution in [2.45, 2.75) is 32.4 Å². The highest BCUT2D eigenvalue weighted by Crippen LogP contribution is 2.07. The van der Waals surface area contributed by atoms with E-state index in [4.69, 9.17) is 10.5 Å². The molecule has 0 fully saturated rings. The van der Waals surface area contributed by atoms with Crippen molar-refractivity contribution in [2.75, 3.05) is 27.3 Å². The monoisotopic (exact) mass is 275 g/mol. The van der Waals surface area contributed by atoms with E-state index in [-0.39, 0.29) is 25.0 Å². The Morgan fingerprint density at radius 1 is 1.42 bits per heavy atom. The van der Waals surface area contributed by atoms with Gasteiger partial charge in [-0.2, -0.15) is 0 Å². The standard InChI is InChI=1S/C12H25N3O4/c1-8(2)5-10(14-12(13)18)11(17)15(3)6-9(16)7-19-4/h8-10,16H,5-7H2,1-4H3,(H3,13,14,18). The number of rotatable bonds is 8. The molecule has 0 heterocycles. The summed E-state index contributed by atoms with van der Waals surface area (Å²) in [7, 11) is 3.04. The third-order valence-corrected chi connectivity index (χ3v) is 2.54. The number of nitrogens with zero attached hydrogens (tertiary/aromatic N) is 1. The molecule has 7 nitrogen and oxygen atoms in total. The van der Waals surface area contributed by atoms with E-state index in [0.29, 0.717) is 6.42 Å². The smallest absolute Gasteiger partial charge is 0.312 e. The fourth-order valence-corrected chi connectivity index (χ4v) is 1.78. The maximum Gasteiger partial charge on any atom is 0.312 e. The molecule has 2 unspecified atom stereocenters. The molecule has 0 aromatic heterocycles. The molecule has 0 aromatic rings. The summed E-state index contributed by atoms with van der Waals surface area (Å²) in [6.45, 7) is 4.18. The van der Waals surface area contributed by atoms with Gasteiger partial charge in [0, 0.05) is 20.7 Å². The van der Waals surface area contributed by atoms with Crippen LogP contribution < -0.4 is 11.1 Å². The highest BCUT2D eigenvalue weighted by molar-refractivity contribution is 5.86. The molecule has 2 atom stereocenters. The first kappa shape index (κ1) is 17.7. The summed E-state index contributed by atoms with van der Waals surface area (Å²) in [5, 5.41) is 12.0. The van der Waals surface area contributed by atoms with Crippen LogP contribution in [0, 0.1) is 5.92 Å². The van der Waals surface area contributed by atoms with Gasteiger partial charge in [0.1, 0.15) is 6.04 Å². The van der Waals surface area contributed by atoms with Crippen molar-refractivity contribution in [3.05, 3.63) is 0 Å². The van der Waals surface area contributed by atoms with Crippen molar-refractivity contribution in [3.8, 4) is 0 Å². The highest BCUT2D eigenvalue weighted by Gasteiger charge is 2.25. The minimum Gasteiger partial charge on any atom is -0.389 e. The van der Waals surface area contributed by atoms with Gasteiger partial charge in [-0.15, -0.1) is 0 Å². The number of aliphatic hydroxyl groups excluding tert-OH is 1. The van der Waals surface area contributed by atoms with Crippen molar-refractivity contribution in [2.24, 2.45) is 11.7 Å². The second-order valence-corrected chi connectivity index (χ2v) is 5.02. The van der Waals surface area contributed by atoms with Gasteiger partial charge >= 0.3 is 6.03 Å². The summed E-state index contributed by atoms with van der Waals surface area (Å²) < 4.78 is 4.80. The van der Waals surface area contributed by atoms with Crippen molar-refractivity contribution >= 4 is 11.9 Å². The molecule has 0 saturated heterocycles. The molecule has 19 heavy (non-hydrogen) atoms. The topological polar surface area (TPSA) is 105 Å². The summed E-state index contributed by atoms with van der Waals surface area (Å²) in [5.74, 6) is -0.0410. The Morgan fingerprint density at radius 2 is 2.00 bits per heavy atom. The van der Waals surface area contributed by atoms with Gasteiger partial charge in [-0.25, -0.2) is 4.79 Å². The summed E-state index contributed by atoms with van der Waals surface area (Å²) in [4.78, 5) is 24.4. The average molecular weight is 275 g/mol. The Labute approximate surface area is 114 Å². The van der Waals surface area contributed by atoms with Gasteiger partial charge in [-0.1, -0.05) is 13.8 Å². The first-order valence-electron chi connectivity index (χ1n) is 6.25. The predicted octanol–water partition coefficient (Wildman–Crippen LogP) is -0.465. The number of nitrogens with two attached hydrogens (primary N) is 1. The predicted molar refractivity (Wildman–Crippen MR) is 71.5 cm³/mol. The number of amides is 3. The molecule has 0 radical (unpaired) electrons. The highest BCUT2D eigenvalue weighted by atomic mass is 16.5. The molecule has 0 spiro atoms. The number of ether oxygens (including phenoxy) is 1. The molecule has 0 aliphatic carbocycles. The second kappa shape index (κ2) is 8.71. The Bertz CT molecular complexity index is 297. The van der Waals surface area contributed by atoms with E-state index in [1.807, 2.05) is 13.8 Å². The Kier molecular flexibility index (Phi) is 8.09. The van der Waals surface area contributed by atoms with Crippen molar-refractivity contribution in [1.29, 1.82) is 0 Å². The number of urea groups is 1. The molecule has 0 aliphatic rings. The fraction of sp³-hybridized carbons (Fsp3) is 0.833. The number of likely N-dealkylation sites (N-methyl/N-ethyl adjacent to an activating group) is 1. The van der Waals surface area contributed by atoms with E-state index < -0.39 is 18.2 Å². The number of hydrogen-bond donors (Lipinski definition) is 3. The van der Waals surface area contributed by atoms with Crippen LogP contribution in [-0.2, 0) is 9.53 Å². The van der Waals surface area contributed by atoms with Gasteiger partial charge in [0.25, 0.3) is 0 Å². The first-order chi connectivity index (χ1) is 8.77. The SMILES string of the molecule is COCC(O)CN(C)C(=O)C(CC(C)C)NC(N)=O. The van der Waals surface area contributed by atoms with Gasteiger partial charge in [-0.3, -0.25) is 4.79 Å². The van der Waals surface area contributed by atoms with Gasteiger partial charge in [-0.05, 0) is 12.3 Å². The number of aliphatic hydroxyl groups is 1. The van der Waals surface area contributed by atoms with Gasteiger partial charge in [0.2, 0.25) is 5.91 Å². The molecule has 0 rings (SSSR count). The van der Waals surface area contributed by atoms with E-state index in [2.05, 4.69) is 5.32 Å². The van der Waals surface area contributed by atoms with E-state index in [1.54, 1.807) is 7.05 Å². The van der Waals surface area contributed by atoms with Gasteiger partial charge < -0.3 is 25.8 Å². The third-order valence-electron chi connectivity index (χ3n) is 2.54. The minimum absolute atomic E-state index is 0.141. The van der Waals surface area contributed by atoms with Crippen LogP contribution in [0.5, 0.6) is 0 Å². The van der Waals surface area contributed by atoms with Crippen LogP contribution in [-0.4, -0.2) is 61.4 Å². The molecule has 0 bridgehead atoms. The summed E-state index contributed by atoms with van der Waals surface area (Å²) in [6, 6.07) is -1.40. The number of primary amides is 1. The van der Waals surface area contributed by atoms with Crippen LogP contribution >= 0.6 is 0 Å². The molecule has 4 N–H and O–H groups in total. The lowest BCUT2D eigenvalue weighted by atomic mass is 10.0. The van der Waals surface area contributed by atoms with E-state index in [0.717, 1.165) is 0 Å². The normalized spacial score (nSPS) is 14.0. The molecular formula is C12H25N3O4. The van der Waals surface area contributed by atoms with Crippen molar-refractivity contribution < 1.29 is 19.4 Å². The number of hydrogen-bond acceptors (Lipinski definition) is 4. The van der Waals surface area contributed by atoms with E-state index >= 15 is 0 Å². The van der Waals surface area contributed by atoms with Crippen LogP contribution in [0.1, 0.15) is 20.3 Å². The summed E-state index contributed by atoms with van der Waals surface area (Å²) in [5.41, 5.74) is 5.07. The zero-order chi connectivity index (χ0) is 15.0. The molecular weight excluding hydrogens is 250 g/mol. The number of methoxy groups -OCH3 is 1. The number of carbonyl (C=O) groups excluding carboxylic acids is 2. The Morgan fingerprint density at radius 3 is 2.42 bits per heavy atom. The van der Waals surface area contributed by atoms with E-state index in [9.17, 15) is 14.7 Å². The Hall–Kier alpha value is -1.34. The van der Waals surface area contributed by atoms with E-state index in [1.165, 1.54) is 12.0 Å². The van der Waals surface area contributed by atoms with Crippen molar-refractivity contribution in [1.82, 2.24) is 10.2 Å². The van der Waals surface area contributed by atoms with Crippen LogP contribution in [0.25, 0.3) is 0 Å². The lowest BCUT2D eigenvalue weighted by Crippen LogP contribution is -2.51. The summed E-state index contributed by atoms with van der Waals surface area (Å²) >= 11 is 0. The Balaban J connectivity index is 4.54. The number of carbonyl (C=O) groups is 2. The zero-order valence-corrected chi connectivity index (χ0v) is 12.0. The van der Waals surface area contributed by atoms with Crippen LogP contribution in [0.4, 0.5) is 4.79 Å². The molecule has 0 saturated carbocycles. The lowest BCUT2D eigenvalue weighted by Gasteiger charge is -2.26. The summed E-state index contributed by atoms with van der Waals surface area (Å²) in [6.07, 6.45) is -0.265.